The number of benzene rings is 5. The van der Waals surface area contributed by atoms with E-state index in [1.807, 2.05) is 0 Å². The third-order valence-corrected chi connectivity index (χ3v) is 8.99. The molecule has 0 aromatic heterocycles. The highest BCUT2D eigenvalue weighted by atomic mass is 35.5. The summed E-state index contributed by atoms with van der Waals surface area (Å²) in [5.41, 5.74) is 1.03. The molecule has 0 bridgehead atoms. The number of carbonyl (C=O) groups is 5. The van der Waals surface area contributed by atoms with Crippen LogP contribution in [0.5, 0.6) is 17.2 Å². The van der Waals surface area contributed by atoms with Gasteiger partial charge in [-0.3, -0.25) is 4.79 Å². The largest absolute Gasteiger partial charge is 0.493 e. The molecule has 13 nitrogen and oxygen atoms in total. The number of hydrogen-bond donors (Lipinski definition) is 0. The molecule has 0 saturated carbocycles. The van der Waals surface area contributed by atoms with Crippen LogP contribution in [0.3, 0.4) is 0 Å². The van der Waals surface area contributed by atoms with Crippen LogP contribution < -0.4 is 14.2 Å². The Morgan fingerprint density at radius 3 is 1.41 bits per heavy atom. The first-order valence-corrected chi connectivity index (χ1v) is 18.5. The Morgan fingerprint density at radius 1 is 0.576 bits per heavy atom. The molecule has 0 N–H and O–H groups in total. The second-order valence-electron chi connectivity index (χ2n) is 12.7. The molecule has 302 valence electrons. The van der Waals surface area contributed by atoms with E-state index in [1.165, 1.54) is 68.8 Å². The van der Waals surface area contributed by atoms with Crippen LogP contribution in [0, 0.1) is 0 Å². The Balaban J connectivity index is 1.48. The first kappa shape index (κ1) is 41.7. The van der Waals surface area contributed by atoms with Gasteiger partial charge in [0.25, 0.3) is 0 Å². The molecule has 5 atom stereocenters. The molecule has 59 heavy (non-hydrogen) atoms. The van der Waals surface area contributed by atoms with E-state index in [2.05, 4.69) is 0 Å². The Labute approximate surface area is 343 Å². The first-order valence-electron chi connectivity index (χ1n) is 18.1. The average Bonchev–Trinajstić information content (AvgIpc) is 3.27. The van der Waals surface area contributed by atoms with Crippen LogP contribution in [0.1, 0.15) is 47.0 Å². The lowest BCUT2D eigenvalue weighted by molar-refractivity contribution is -0.275. The standard InChI is InChI=1S/C45H37ClO13/c1-52-33-25-28(23-24-36(46)47)26-34(53-2)37(33)59-45-40(58-44(51)32-21-13-6-14-22-32)39(57-43(50)31-19-11-5-12-20-31)38(56-42(49)30-17-9-4-10-18-30)35(55-45)27-54-41(48)29-15-7-3-8-16-29/h3-26,35,38-40,45H,27H2,1-2H3/t35-,38-,39+,40+,45-/m1/s1. The molecule has 1 aliphatic heterocycles. The van der Waals surface area contributed by atoms with Crippen LogP contribution in [-0.4, -0.2) is 80.7 Å². The van der Waals surface area contributed by atoms with Crippen molar-refractivity contribution in [1.29, 1.82) is 0 Å². The van der Waals surface area contributed by atoms with Crippen molar-refractivity contribution in [2.45, 2.75) is 30.7 Å². The van der Waals surface area contributed by atoms with Gasteiger partial charge in [-0.25, -0.2) is 19.2 Å². The van der Waals surface area contributed by atoms with Crippen molar-refractivity contribution in [3.8, 4) is 17.2 Å². The van der Waals surface area contributed by atoms with Crippen molar-refractivity contribution in [1.82, 2.24) is 0 Å². The van der Waals surface area contributed by atoms with E-state index < -0.39 is 66.4 Å². The second kappa shape index (κ2) is 19.9. The molecule has 5 aromatic rings. The number of allylic oxidation sites excluding steroid dienone is 1. The van der Waals surface area contributed by atoms with E-state index in [-0.39, 0.29) is 39.5 Å². The van der Waals surface area contributed by atoms with Gasteiger partial charge in [0.1, 0.15) is 12.7 Å². The van der Waals surface area contributed by atoms with Gasteiger partial charge in [0.05, 0.1) is 36.5 Å². The van der Waals surface area contributed by atoms with E-state index in [0.29, 0.717) is 5.56 Å². The van der Waals surface area contributed by atoms with Gasteiger partial charge in [-0.2, -0.15) is 0 Å². The zero-order valence-corrected chi connectivity index (χ0v) is 32.4. The van der Waals surface area contributed by atoms with Crippen LogP contribution in [-0.2, 0) is 28.5 Å². The highest BCUT2D eigenvalue weighted by Crippen LogP contribution is 2.42. The van der Waals surface area contributed by atoms with Crippen LogP contribution in [0.2, 0.25) is 0 Å². The summed E-state index contributed by atoms with van der Waals surface area (Å²) in [6.45, 7) is -0.566. The zero-order valence-electron chi connectivity index (χ0n) is 31.6. The van der Waals surface area contributed by atoms with E-state index in [9.17, 15) is 24.0 Å². The second-order valence-corrected chi connectivity index (χ2v) is 13.1. The minimum atomic E-state index is -1.70. The molecular weight excluding hydrogens is 784 g/mol. The zero-order chi connectivity index (χ0) is 41.7. The summed E-state index contributed by atoms with van der Waals surface area (Å²) in [7, 11) is 2.71. The van der Waals surface area contributed by atoms with Gasteiger partial charge in [-0.15, -0.1) is 0 Å². The van der Waals surface area contributed by atoms with Crippen LogP contribution in [0.15, 0.2) is 140 Å². The van der Waals surface area contributed by atoms with Crippen molar-refractivity contribution < 1.29 is 61.9 Å². The fourth-order valence-corrected chi connectivity index (χ4v) is 6.08. The summed E-state index contributed by atoms with van der Waals surface area (Å²) < 4.78 is 48.2. The molecule has 5 aromatic carbocycles. The molecule has 0 unspecified atom stereocenters. The quantitative estimate of drug-likeness (QED) is 0.0455. The predicted molar refractivity (Wildman–Crippen MR) is 212 cm³/mol. The van der Waals surface area contributed by atoms with E-state index >= 15 is 0 Å². The molecule has 1 saturated heterocycles. The van der Waals surface area contributed by atoms with E-state index in [4.69, 9.17) is 49.5 Å². The Kier molecular flexibility index (Phi) is 14.1. The number of hydrogen-bond acceptors (Lipinski definition) is 13. The molecule has 1 heterocycles. The smallest absolute Gasteiger partial charge is 0.338 e. The monoisotopic (exact) mass is 820 g/mol. The summed E-state index contributed by atoms with van der Waals surface area (Å²) in [5, 5.41) is -0.723. The molecule has 1 fully saturated rings. The molecular formula is C45H37ClO13. The molecule has 0 amide bonds. The van der Waals surface area contributed by atoms with Gasteiger partial charge in [0.2, 0.25) is 23.4 Å². The molecule has 1 aliphatic rings. The van der Waals surface area contributed by atoms with Crippen molar-refractivity contribution in [3.05, 3.63) is 167 Å². The van der Waals surface area contributed by atoms with E-state index in [1.54, 1.807) is 84.9 Å². The summed E-state index contributed by atoms with van der Waals surface area (Å²) in [5.74, 6) is -3.26. The Hall–Kier alpha value is -6.96. The third-order valence-electron chi connectivity index (χ3n) is 8.86. The molecule has 0 spiro atoms. The van der Waals surface area contributed by atoms with Crippen LogP contribution in [0.4, 0.5) is 0 Å². The first-order chi connectivity index (χ1) is 28.6. The lowest BCUT2D eigenvalue weighted by atomic mass is 9.97. The third kappa shape index (κ3) is 10.7. The highest BCUT2D eigenvalue weighted by Gasteiger charge is 2.54. The van der Waals surface area contributed by atoms with Gasteiger partial charge in [-0.05, 0) is 90.0 Å². The lowest BCUT2D eigenvalue weighted by Crippen LogP contribution is -2.64. The van der Waals surface area contributed by atoms with Crippen molar-refractivity contribution in [2.75, 3.05) is 20.8 Å². The van der Waals surface area contributed by atoms with Gasteiger partial charge < -0.3 is 37.9 Å². The topological polar surface area (TPSA) is 159 Å². The van der Waals surface area contributed by atoms with Gasteiger partial charge >= 0.3 is 23.9 Å². The fourth-order valence-electron chi connectivity index (χ4n) is 6.01. The molecule has 0 radical (unpaired) electrons. The maximum absolute atomic E-state index is 13.9. The number of rotatable bonds is 15. The lowest BCUT2D eigenvalue weighted by Gasteiger charge is -2.44. The van der Waals surface area contributed by atoms with Crippen molar-refractivity contribution >= 4 is 46.8 Å². The van der Waals surface area contributed by atoms with Crippen LogP contribution >= 0.6 is 11.6 Å². The van der Waals surface area contributed by atoms with Gasteiger partial charge in [-0.1, -0.05) is 72.8 Å². The van der Waals surface area contributed by atoms with Crippen molar-refractivity contribution in [3.63, 3.8) is 0 Å². The SMILES string of the molecule is COc1cc(C=CC(=O)Cl)cc(OC)c1O[C@H]1O[C@H](COC(=O)c2ccccc2)[C@@H](OC(=O)c2ccccc2)[C@H](OC(=O)c2ccccc2)[C@@H]1OC(=O)c1ccccc1. The molecule has 6 rings (SSSR count). The Bertz CT molecular complexity index is 2240. The predicted octanol–water partition coefficient (Wildman–Crippen LogP) is 7.12. The van der Waals surface area contributed by atoms with Gasteiger partial charge in [0, 0.05) is 0 Å². The maximum Gasteiger partial charge on any atom is 0.338 e. The summed E-state index contributed by atoms with van der Waals surface area (Å²) in [6.07, 6.45) is -5.51. The Morgan fingerprint density at radius 2 is 0.983 bits per heavy atom. The van der Waals surface area contributed by atoms with Crippen molar-refractivity contribution in [2.24, 2.45) is 0 Å². The number of carbonyl (C=O) groups excluding carboxylic acids is 5. The fraction of sp³-hybridized carbons (Fsp3) is 0.178. The van der Waals surface area contributed by atoms with E-state index in [0.717, 1.165) is 6.08 Å². The number of ether oxygens (including phenoxy) is 8. The van der Waals surface area contributed by atoms with Crippen LogP contribution in [0.25, 0.3) is 6.08 Å². The number of methoxy groups -OCH3 is 2. The summed E-state index contributed by atoms with van der Waals surface area (Å²) in [6, 6.07) is 35.1. The highest BCUT2D eigenvalue weighted by molar-refractivity contribution is 6.66. The summed E-state index contributed by atoms with van der Waals surface area (Å²) in [4.78, 5) is 66.4. The normalized spacial score (nSPS) is 18.5. The maximum atomic E-state index is 13.9. The number of halogens is 1. The summed E-state index contributed by atoms with van der Waals surface area (Å²) >= 11 is 5.53. The number of esters is 4. The molecule has 0 aliphatic carbocycles. The molecule has 14 heteroatoms. The minimum absolute atomic E-state index is 0.0667. The van der Waals surface area contributed by atoms with Gasteiger partial charge in [0.15, 0.2) is 23.7 Å². The average molecular weight is 821 g/mol. The minimum Gasteiger partial charge on any atom is -0.493 e.